The zero-order valence-corrected chi connectivity index (χ0v) is 14.3. The molecule has 7 nitrogen and oxygen atoms in total. The lowest BCUT2D eigenvalue weighted by Gasteiger charge is -2.11. The second kappa shape index (κ2) is 8.88. The number of nitrogens with one attached hydrogen (secondary N) is 4. The molecule has 1 heterocycles. The summed E-state index contributed by atoms with van der Waals surface area (Å²) in [5.74, 6) is -3.34. The smallest absolute Gasteiger partial charge is 0.319 e. The van der Waals surface area contributed by atoms with Crippen LogP contribution in [0.5, 0.6) is 0 Å². The Kier molecular flexibility index (Phi) is 6.59. The summed E-state index contributed by atoms with van der Waals surface area (Å²) in [4.78, 5) is 20.2. The van der Waals surface area contributed by atoms with Gasteiger partial charge < -0.3 is 21.3 Å². The summed E-state index contributed by atoms with van der Waals surface area (Å²) in [5.41, 5.74) is 0.324. The molecule has 10 heteroatoms. The van der Waals surface area contributed by atoms with Crippen LogP contribution in [-0.4, -0.2) is 35.6 Å². The van der Waals surface area contributed by atoms with E-state index in [0.29, 0.717) is 18.3 Å². The number of aromatic nitrogens is 2. The SMILES string of the molecule is CCNc1cc(C)nc(NCCNC(=O)Nc2ccc(F)c(F)c2F)n1. The average molecular weight is 368 g/mol. The van der Waals surface area contributed by atoms with Gasteiger partial charge in [0.25, 0.3) is 0 Å². The number of hydrogen-bond acceptors (Lipinski definition) is 5. The van der Waals surface area contributed by atoms with Gasteiger partial charge in [-0.25, -0.2) is 22.9 Å². The second-order valence-electron chi connectivity index (χ2n) is 5.28. The van der Waals surface area contributed by atoms with E-state index in [9.17, 15) is 18.0 Å². The van der Waals surface area contributed by atoms with Crippen molar-refractivity contribution in [3.63, 3.8) is 0 Å². The summed E-state index contributed by atoms with van der Waals surface area (Å²) < 4.78 is 39.4. The van der Waals surface area contributed by atoms with Crippen molar-refractivity contribution < 1.29 is 18.0 Å². The number of anilines is 3. The van der Waals surface area contributed by atoms with Gasteiger partial charge in [0.2, 0.25) is 5.95 Å². The van der Waals surface area contributed by atoms with Crippen LogP contribution in [0, 0.1) is 24.4 Å². The first-order valence-corrected chi connectivity index (χ1v) is 7.92. The molecule has 0 fully saturated rings. The van der Waals surface area contributed by atoms with Crippen molar-refractivity contribution in [3.05, 3.63) is 41.3 Å². The van der Waals surface area contributed by atoms with Gasteiger partial charge in [0.15, 0.2) is 17.5 Å². The highest BCUT2D eigenvalue weighted by atomic mass is 19.2. The number of carbonyl (C=O) groups is 1. The fraction of sp³-hybridized carbons (Fsp3) is 0.312. The largest absolute Gasteiger partial charge is 0.370 e. The van der Waals surface area contributed by atoms with Gasteiger partial charge in [0.05, 0.1) is 5.69 Å². The molecule has 2 rings (SSSR count). The molecule has 0 radical (unpaired) electrons. The van der Waals surface area contributed by atoms with E-state index in [2.05, 4.69) is 31.2 Å². The van der Waals surface area contributed by atoms with Gasteiger partial charge in [-0.15, -0.1) is 0 Å². The van der Waals surface area contributed by atoms with Crippen LogP contribution in [0.4, 0.5) is 35.4 Å². The van der Waals surface area contributed by atoms with Crippen LogP contribution in [0.2, 0.25) is 0 Å². The summed E-state index contributed by atoms with van der Waals surface area (Å²) >= 11 is 0. The van der Waals surface area contributed by atoms with Gasteiger partial charge >= 0.3 is 6.03 Å². The molecular weight excluding hydrogens is 349 g/mol. The monoisotopic (exact) mass is 368 g/mol. The quantitative estimate of drug-likeness (QED) is 0.446. The first-order chi connectivity index (χ1) is 12.4. The van der Waals surface area contributed by atoms with Gasteiger partial charge in [-0.2, -0.15) is 4.98 Å². The molecule has 26 heavy (non-hydrogen) atoms. The van der Waals surface area contributed by atoms with E-state index in [4.69, 9.17) is 0 Å². The molecule has 2 aromatic rings. The number of benzene rings is 1. The van der Waals surface area contributed by atoms with Gasteiger partial charge in [0, 0.05) is 31.4 Å². The third-order valence-corrected chi connectivity index (χ3v) is 3.19. The normalized spacial score (nSPS) is 10.3. The topological polar surface area (TPSA) is 91.0 Å². The maximum absolute atomic E-state index is 13.5. The molecule has 0 unspecified atom stereocenters. The molecule has 0 atom stereocenters. The average Bonchev–Trinajstić information content (AvgIpc) is 2.59. The Bertz CT molecular complexity index is 787. The van der Waals surface area contributed by atoms with Gasteiger partial charge in [0.1, 0.15) is 5.82 Å². The number of aryl methyl sites for hydroxylation is 1. The Balaban J connectivity index is 1.81. The van der Waals surface area contributed by atoms with Gasteiger partial charge in [-0.3, -0.25) is 0 Å². The Morgan fingerprint density at radius 1 is 1.08 bits per heavy atom. The Morgan fingerprint density at radius 3 is 2.58 bits per heavy atom. The molecule has 0 bridgehead atoms. The third kappa shape index (κ3) is 5.23. The third-order valence-electron chi connectivity index (χ3n) is 3.19. The molecule has 140 valence electrons. The summed E-state index contributed by atoms with van der Waals surface area (Å²) in [6.45, 7) is 4.98. The van der Waals surface area contributed by atoms with Gasteiger partial charge in [-0.05, 0) is 26.0 Å². The van der Waals surface area contributed by atoms with Gasteiger partial charge in [-0.1, -0.05) is 0 Å². The molecule has 4 N–H and O–H groups in total. The first-order valence-electron chi connectivity index (χ1n) is 7.92. The maximum Gasteiger partial charge on any atom is 0.319 e. The van der Waals surface area contributed by atoms with Crippen molar-refractivity contribution in [2.75, 3.05) is 35.6 Å². The zero-order chi connectivity index (χ0) is 19.1. The summed E-state index contributed by atoms with van der Waals surface area (Å²) in [5, 5.41) is 10.6. The van der Waals surface area contributed by atoms with E-state index in [1.807, 2.05) is 13.8 Å². The molecule has 1 aromatic carbocycles. The molecule has 0 aliphatic heterocycles. The lowest BCUT2D eigenvalue weighted by Crippen LogP contribution is -2.33. The number of amides is 2. The summed E-state index contributed by atoms with van der Waals surface area (Å²) in [6.07, 6.45) is 0. The minimum Gasteiger partial charge on any atom is -0.370 e. The van der Waals surface area contributed by atoms with Crippen LogP contribution in [0.15, 0.2) is 18.2 Å². The van der Waals surface area contributed by atoms with Crippen molar-refractivity contribution in [2.45, 2.75) is 13.8 Å². The highest BCUT2D eigenvalue weighted by Crippen LogP contribution is 2.19. The number of carbonyl (C=O) groups excluding carboxylic acids is 1. The van der Waals surface area contributed by atoms with Crippen LogP contribution in [-0.2, 0) is 0 Å². The van der Waals surface area contributed by atoms with Crippen LogP contribution < -0.4 is 21.3 Å². The molecule has 0 saturated carbocycles. The number of urea groups is 1. The minimum absolute atomic E-state index is 0.172. The van der Waals surface area contributed by atoms with Crippen molar-refractivity contribution in [1.29, 1.82) is 0 Å². The zero-order valence-electron chi connectivity index (χ0n) is 14.3. The Labute approximate surface area is 148 Å². The van der Waals surface area contributed by atoms with Crippen LogP contribution in [0.3, 0.4) is 0 Å². The summed E-state index contributed by atoms with van der Waals surface area (Å²) in [6, 6.07) is 2.72. The highest BCUT2D eigenvalue weighted by molar-refractivity contribution is 5.89. The predicted octanol–water partition coefficient (Wildman–Crippen LogP) is 2.87. The Morgan fingerprint density at radius 2 is 1.85 bits per heavy atom. The minimum atomic E-state index is -1.64. The van der Waals surface area contributed by atoms with E-state index in [1.54, 1.807) is 6.07 Å². The van der Waals surface area contributed by atoms with Crippen molar-refractivity contribution >= 4 is 23.5 Å². The second-order valence-corrected chi connectivity index (χ2v) is 5.28. The van der Waals surface area contributed by atoms with Crippen molar-refractivity contribution in [3.8, 4) is 0 Å². The van der Waals surface area contributed by atoms with E-state index < -0.39 is 29.2 Å². The van der Waals surface area contributed by atoms with E-state index in [1.165, 1.54) is 0 Å². The molecule has 0 aliphatic rings. The maximum atomic E-state index is 13.5. The van der Waals surface area contributed by atoms with E-state index >= 15 is 0 Å². The van der Waals surface area contributed by atoms with E-state index in [0.717, 1.165) is 24.4 Å². The number of rotatable bonds is 7. The Hall–Kier alpha value is -3.04. The van der Waals surface area contributed by atoms with Crippen LogP contribution >= 0.6 is 0 Å². The van der Waals surface area contributed by atoms with Crippen molar-refractivity contribution in [2.24, 2.45) is 0 Å². The molecule has 2 amide bonds. The highest BCUT2D eigenvalue weighted by Gasteiger charge is 2.14. The van der Waals surface area contributed by atoms with Crippen LogP contribution in [0.25, 0.3) is 0 Å². The summed E-state index contributed by atoms with van der Waals surface area (Å²) in [7, 11) is 0. The standard InChI is InChI=1S/C16H19F3N6O/c1-3-20-12-8-9(2)23-15(25-12)21-6-7-22-16(26)24-11-5-4-10(17)13(18)14(11)19/h4-5,8H,3,6-7H2,1-2H3,(H2,22,24,26)(H2,20,21,23,25). The molecular formula is C16H19F3N6O. The fourth-order valence-corrected chi connectivity index (χ4v) is 2.06. The molecule has 0 saturated heterocycles. The number of halogens is 3. The number of hydrogen-bond donors (Lipinski definition) is 4. The predicted molar refractivity (Wildman–Crippen MR) is 92.8 cm³/mol. The van der Waals surface area contributed by atoms with E-state index in [-0.39, 0.29) is 6.54 Å². The molecule has 1 aromatic heterocycles. The molecule has 0 aliphatic carbocycles. The molecule has 0 spiro atoms. The van der Waals surface area contributed by atoms with Crippen molar-refractivity contribution in [1.82, 2.24) is 15.3 Å². The van der Waals surface area contributed by atoms with Crippen LogP contribution in [0.1, 0.15) is 12.6 Å². The lowest BCUT2D eigenvalue weighted by atomic mass is 10.3. The first kappa shape index (κ1) is 19.3. The number of nitrogens with zero attached hydrogens (tertiary/aromatic N) is 2. The fourth-order valence-electron chi connectivity index (χ4n) is 2.06. The lowest BCUT2D eigenvalue weighted by molar-refractivity contribution is 0.252.